The third kappa shape index (κ3) is 3.43. The molecule has 0 bridgehead atoms. The molecule has 2 fully saturated rings. The van der Waals surface area contributed by atoms with Gasteiger partial charge in [0, 0.05) is 25.7 Å². The molecule has 1 N–H and O–H groups in total. The molecule has 1 saturated heterocycles. The smallest absolute Gasteiger partial charge is 0.239 e. The van der Waals surface area contributed by atoms with Crippen molar-refractivity contribution in [3.63, 3.8) is 0 Å². The topological polar surface area (TPSA) is 50.8 Å². The average molecular weight is 256 g/mol. The highest BCUT2D eigenvalue weighted by molar-refractivity contribution is 5.81. The van der Waals surface area contributed by atoms with Crippen molar-refractivity contribution < 1.29 is 14.3 Å². The van der Waals surface area contributed by atoms with Crippen molar-refractivity contribution in [2.45, 2.75) is 44.9 Å². The fraction of sp³-hybridized carbons (Fsp3) is 0.923. The minimum Gasteiger partial charge on any atom is -0.378 e. The second-order valence-corrected chi connectivity index (χ2v) is 5.07. The molecule has 0 aromatic rings. The fourth-order valence-corrected chi connectivity index (χ4v) is 2.56. The van der Waals surface area contributed by atoms with Gasteiger partial charge in [0.15, 0.2) is 0 Å². The van der Waals surface area contributed by atoms with E-state index in [0.29, 0.717) is 25.4 Å². The Morgan fingerprint density at radius 2 is 2.11 bits per heavy atom. The highest BCUT2D eigenvalue weighted by Gasteiger charge is 2.32. The van der Waals surface area contributed by atoms with Crippen LogP contribution in [0.3, 0.4) is 0 Å². The van der Waals surface area contributed by atoms with Crippen LogP contribution >= 0.6 is 0 Å². The van der Waals surface area contributed by atoms with E-state index in [1.807, 2.05) is 18.7 Å². The largest absolute Gasteiger partial charge is 0.378 e. The Morgan fingerprint density at radius 1 is 1.44 bits per heavy atom. The molecule has 5 heteroatoms. The number of amides is 1. The lowest BCUT2D eigenvalue weighted by molar-refractivity contribution is -0.137. The highest BCUT2D eigenvalue weighted by Crippen LogP contribution is 2.23. The molecule has 1 unspecified atom stereocenters. The third-order valence-electron chi connectivity index (χ3n) is 3.68. The summed E-state index contributed by atoms with van der Waals surface area (Å²) in [5.74, 6) is 0.193. The van der Waals surface area contributed by atoms with Gasteiger partial charge in [-0.15, -0.1) is 0 Å². The van der Waals surface area contributed by atoms with Gasteiger partial charge in [0.1, 0.15) is 0 Å². The van der Waals surface area contributed by atoms with Gasteiger partial charge in [-0.3, -0.25) is 4.79 Å². The summed E-state index contributed by atoms with van der Waals surface area (Å²) in [6.45, 7) is 7.51. The number of nitrogens with one attached hydrogen (secondary N) is 1. The SMILES string of the molecule is CCOC1CC(NC(C)C(=O)N2CCOCC2)C1. The highest BCUT2D eigenvalue weighted by atomic mass is 16.5. The zero-order valence-corrected chi connectivity index (χ0v) is 11.4. The Bertz CT molecular complexity index is 273. The number of hydrogen-bond acceptors (Lipinski definition) is 4. The number of carbonyl (C=O) groups excluding carboxylic acids is 1. The van der Waals surface area contributed by atoms with Crippen LogP contribution in [-0.2, 0) is 14.3 Å². The molecule has 1 amide bonds. The number of nitrogens with zero attached hydrogens (tertiary/aromatic N) is 1. The molecular formula is C13H24N2O3. The van der Waals surface area contributed by atoms with Crippen molar-refractivity contribution in [2.75, 3.05) is 32.9 Å². The van der Waals surface area contributed by atoms with Crippen LogP contribution < -0.4 is 5.32 Å². The molecule has 0 spiro atoms. The normalized spacial score (nSPS) is 29.8. The van der Waals surface area contributed by atoms with Crippen LogP contribution in [0.15, 0.2) is 0 Å². The van der Waals surface area contributed by atoms with E-state index in [-0.39, 0.29) is 11.9 Å². The summed E-state index contributed by atoms with van der Waals surface area (Å²) in [7, 11) is 0. The Morgan fingerprint density at radius 3 is 2.72 bits per heavy atom. The van der Waals surface area contributed by atoms with Crippen molar-refractivity contribution in [1.82, 2.24) is 10.2 Å². The summed E-state index contributed by atoms with van der Waals surface area (Å²) in [5.41, 5.74) is 0. The van der Waals surface area contributed by atoms with E-state index in [9.17, 15) is 4.79 Å². The monoisotopic (exact) mass is 256 g/mol. The molecule has 2 aliphatic rings. The molecule has 1 atom stereocenters. The maximum absolute atomic E-state index is 12.2. The molecule has 1 saturated carbocycles. The molecule has 1 aliphatic heterocycles. The Kier molecular flexibility index (Phi) is 4.97. The van der Waals surface area contributed by atoms with E-state index in [0.717, 1.165) is 32.5 Å². The van der Waals surface area contributed by atoms with Crippen molar-refractivity contribution >= 4 is 5.91 Å². The minimum absolute atomic E-state index is 0.101. The Labute approximate surface area is 109 Å². The van der Waals surface area contributed by atoms with Crippen LogP contribution in [0.2, 0.25) is 0 Å². The van der Waals surface area contributed by atoms with Crippen LogP contribution in [0, 0.1) is 0 Å². The molecule has 0 radical (unpaired) electrons. The zero-order chi connectivity index (χ0) is 13.0. The maximum Gasteiger partial charge on any atom is 0.239 e. The van der Waals surface area contributed by atoms with E-state index in [1.165, 1.54) is 0 Å². The Hall–Kier alpha value is -0.650. The van der Waals surface area contributed by atoms with Gasteiger partial charge < -0.3 is 19.7 Å². The second-order valence-electron chi connectivity index (χ2n) is 5.07. The first kappa shape index (κ1) is 13.8. The van der Waals surface area contributed by atoms with Gasteiger partial charge in [0.05, 0.1) is 25.4 Å². The van der Waals surface area contributed by atoms with Crippen LogP contribution in [0.25, 0.3) is 0 Å². The predicted octanol–water partition coefficient (Wildman–Crippen LogP) is 0.391. The first-order valence-electron chi connectivity index (χ1n) is 6.95. The first-order valence-corrected chi connectivity index (χ1v) is 6.95. The van der Waals surface area contributed by atoms with Crippen LogP contribution in [-0.4, -0.2) is 61.9 Å². The van der Waals surface area contributed by atoms with Gasteiger partial charge in [-0.05, 0) is 26.7 Å². The van der Waals surface area contributed by atoms with Gasteiger partial charge in [0.2, 0.25) is 5.91 Å². The summed E-state index contributed by atoms with van der Waals surface area (Å²) in [5, 5.41) is 3.39. The minimum atomic E-state index is -0.101. The quantitative estimate of drug-likeness (QED) is 0.773. The first-order chi connectivity index (χ1) is 8.70. The standard InChI is InChI=1S/C13H24N2O3/c1-3-18-12-8-11(9-12)14-10(2)13(16)15-4-6-17-7-5-15/h10-12,14H,3-9H2,1-2H3. The molecule has 0 aromatic heterocycles. The second kappa shape index (κ2) is 6.50. The van der Waals surface area contributed by atoms with Gasteiger partial charge >= 0.3 is 0 Å². The lowest BCUT2D eigenvalue weighted by atomic mass is 9.88. The summed E-state index contributed by atoms with van der Waals surface area (Å²) in [4.78, 5) is 14.0. The van der Waals surface area contributed by atoms with Crippen molar-refractivity contribution in [3.05, 3.63) is 0 Å². The van der Waals surface area contributed by atoms with Crippen LogP contribution in [0.4, 0.5) is 0 Å². The lowest BCUT2D eigenvalue weighted by Gasteiger charge is -2.38. The van der Waals surface area contributed by atoms with Crippen molar-refractivity contribution in [2.24, 2.45) is 0 Å². The van der Waals surface area contributed by atoms with Crippen molar-refractivity contribution in [3.8, 4) is 0 Å². The van der Waals surface area contributed by atoms with Crippen LogP contribution in [0.1, 0.15) is 26.7 Å². The number of rotatable bonds is 5. The van der Waals surface area contributed by atoms with Crippen LogP contribution in [0.5, 0.6) is 0 Å². The number of ether oxygens (including phenoxy) is 2. The summed E-state index contributed by atoms with van der Waals surface area (Å²) in [6, 6.07) is 0.331. The molecule has 104 valence electrons. The van der Waals surface area contributed by atoms with Gasteiger partial charge in [-0.25, -0.2) is 0 Å². The Balaban J connectivity index is 1.68. The molecule has 2 rings (SSSR count). The number of morpholine rings is 1. The van der Waals surface area contributed by atoms with E-state index < -0.39 is 0 Å². The van der Waals surface area contributed by atoms with Gasteiger partial charge in [-0.2, -0.15) is 0 Å². The van der Waals surface area contributed by atoms with E-state index in [1.54, 1.807) is 0 Å². The maximum atomic E-state index is 12.2. The molecule has 18 heavy (non-hydrogen) atoms. The molecule has 1 heterocycles. The third-order valence-corrected chi connectivity index (χ3v) is 3.68. The summed E-state index contributed by atoms with van der Waals surface area (Å²) >= 11 is 0. The lowest BCUT2D eigenvalue weighted by Crippen LogP contribution is -2.55. The van der Waals surface area contributed by atoms with E-state index in [4.69, 9.17) is 9.47 Å². The van der Waals surface area contributed by atoms with E-state index in [2.05, 4.69) is 5.32 Å². The molecule has 5 nitrogen and oxygen atoms in total. The fourth-order valence-electron chi connectivity index (χ4n) is 2.56. The molecule has 1 aliphatic carbocycles. The summed E-state index contributed by atoms with van der Waals surface area (Å²) in [6.07, 6.45) is 2.43. The summed E-state index contributed by atoms with van der Waals surface area (Å²) < 4.78 is 10.8. The number of hydrogen-bond donors (Lipinski definition) is 1. The number of carbonyl (C=O) groups is 1. The molecule has 0 aromatic carbocycles. The van der Waals surface area contributed by atoms with Gasteiger partial charge in [0.25, 0.3) is 0 Å². The molecular weight excluding hydrogens is 232 g/mol. The zero-order valence-electron chi connectivity index (χ0n) is 11.4. The van der Waals surface area contributed by atoms with Crippen molar-refractivity contribution in [1.29, 1.82) is 0 Å². The van der Waals surface area contributed by atoms with Gasteiger partial charge in [-0.1, -0.05) is 0 Å². The predicted molar refractivity (Wildman–Crippen MR) is 68.4 cm³/mol. The average Bonchev–Trinajstić information content (AvgIpc) is 2.36. The van der Waals surface area contributed by atoms with E-state index >= 15 is 0 Å².